The van der Waals surface area contributed by atoms with Crippen molar-refractivity contribution in [2.24, 2.45) is 0 Å². The van der Waals surface area contributed by atoms with Gasteiger partial charge in [0.25, 0.3) is 5.79 Å². The monoisotopic (exact) mass is 582 g/mol. The van der Waals surface area contributed by atoms with Crippen molar-refractivity contribution in [2.75, 3.05) is 13.7 Å². The van der Waals surface area contributed by atoms with E-state index < -0.39 is 30.1 Å². The van der Waals surface area contributed by atoms with E-state index in [1.807, 2.05) is 121 Å². The van der Waals surface area contributed by atoms with Gasteiger partial charge in [0.15, 0.2) is 0 Å². The summed E-state index contributed by atoms with van der Waals surface area (Å²) in [6, 6.07) is 39.3. The molecule has 0 unspecified atom stereocenters. The molecule has 4 aromatic rings. The van der Waals surface area contributed by atoms with Gasteiger partial charge in [0.05, 0.1) is 46.2 Å². The zero-order valence-electron chi connectivity index (χ0n) is 24.4. The number of carbonyl (C=O) groups excluding carboxylic acids is 1. The van der Waals surface area contributed by atoms with Gasteiger partial charge in [-0.2, -0.15) is 0 Å². The molecule has 0 aromatic heterocycles. The molecule has 1 aliphatic heterocycles. The van der Waals surface area contributed by atoms with Crippen LogP contribution >= 0.6 is 0 Å². The largest absolute Gasteiger partial charge is 0.465 e. The van der Waals surface area contributed by atoms with Crippen molar-refractivity contribution >= 4 is 5.97 Å². The maximum Gasteiger partial charge on any atom is 0.366 e. The van der Waals surface area contributed by atoms with E-state index in [0.717, 1.165) is 22.3 Å². The average Bonchev–Trinajstić information content (AvgIpc) is 3.07. The predicted molar refractivity (Wildman–Crippen MR) is 162 cm³/mol. The first kappa shape index (κ1) is 30.6. The summed E-state index contributed by atoms with van der Waals surface area (Å²) in [7, 11) is 1.33. The Kier molecular flexibility index (Phi) is 11.1. The van der Waals surface area contributed by atoms with E-state index in [1.165, 1.54) is 7.11 Å². The topological polar surface area (TPSA) is 72.5 Å². The van der Waals surface area contributed by atoms with Crippen LogP contribution in [0.25, 0.3) is 0 Å². The summed E-state index contributed by atoms with van der Waals surface area (Å²) in [5.41, 5.74) is 3.94. The minimum Gasteiger partial charge on any atom is -0.465 e. The van der Waals surface area contributed by atoms with Crippen LogP contribution in [0.3, 0.4) is 0 Å². The van der Waals surface area contributed by atoms with Gasteiger partial charge in [-0.05, 0) is 22.3 Å². The summed E-state index contributed by atoms with van der Waals surface area (Å²) in [5, 5.41) is 0. The van der Waals surface area contributed by atoms with Crippen molar-refractivity contribution in [3.05, 3.63) is 144 Å². The van der Waals surface area contributed by atoms with Crippen LogP contribution < -0.4 is 0 Å². The highest BCUT2D eigenvalue weighted by Gasteiger charge is 2.55. The van der Waals surface area contributed by atoms with E-state index in [9.17, 15) is 4.79 Å². The Bertz CT molecular complexity index is 1370. The van der Waals surface area contributed by atoms with Crippen molar-refractivity contribution in [3.8, 4) is 0 Å². The molecule has 1 fully saturated rings. The van der Waals surface area contributed by atoms with Crippen molar-refractivity contribution in [1.29, 1.82) is 0 Å². The van der Waals surface area contributed by atoms with Gasteiger partial charge in [-0.1, -0.05) is 121 Å². The first-order chi connectivity index (χ1) is 21.1. The molecule has 0 saturated carbocycles. The minimum atomic E-state index is -1.72. The summed E-state index contributed by atoms with van der Waals surface area (Å²) in [5.74, 6) is -2.36. The number of carbonyl (C=O) groups is 1. The Morgan fingerprint density at radius 3 is 1.65 bits per heavy atom. The number of benzene rings is 4. The molecule has 0 spiro atoms. The third-order valence-electron chi connectivity index (χ3n) is 7.34. The molecule has 1 saturated heterocycles. The van der Waals surface area contributed by atoms with E-state index in [4.69, 9.17) is 28.4 Å². The molecule has 1 heterocycles. The maximum absolute atomic E-state index is 13.4. The zero-order chi connectivity index (χ0) is 29.7. The highest BCUT2D eigenvalue weighted by molar-refractivity contribution is 5.78. The minimum absolute atomic E-state index is 0.0774. The smallest absolute Gasteiger partial charge is 0.366 e. The Morgan fingerprint density at radius 1 is 0.674 bits per heavy atom. The lowest BCUT2D eigenvalue weighted by Crippen LogP contribution is -2.61. The lowest BCUT2D eigenvalue weighted by atomic mass is 9.94. The fourth-order valence-electron chi connectivity index (χ4n) is 5.10. The normalized spacial score (nSPS) is 21.7. The molecular formula is C36H38O7. The van der Waals surface area contributed by atoms with Gasteiger partial charge >= 0.3 is 5.97 Å². The number of methoxy groups -OCH3 is 1. The van der Waals surface area contributed by atoms with Gasteiger partial charge in [0, 0.05) is 6.42 Å². The van der Waals surface area contributed by atoms with Crippen LogP contribution in [0.1, 0.15) is 28.7 Å². The van der Waals surface area contributed by atoms with Crippen molar-refractivity contribution < 1.29 is 33.2 Å². The Balaban J connectivity index is 1.42. The predicted octanol–water partition coefficient (Wildman–Crippen LogP) is 6.25. The highest BCUT2D eigenvalue weighted by atomic mass is 16.7. The Labute approximate surface area is 253 Å². The fraction of sp³-hybridized carbons (Fsp3) is 0.306. The molecule has 43 heavy (non-hydrogen) atoms. The summed E-state index contributed by atoms with van der Waals surface area (Å²) in [6.07, 6.45) is -1.75. The molecule has 0 radical (unpaired) electrons. The van der Waals surface area contributed by atoms with Gasteiger partial charge in [-0.15, -0.1) is 0 Å². The standard InChI is InChI=1S/C36H38O7/c1-38-35(37)36(42-26-31-20-12-5-13-21-31)22-32(40-24-29-16-8-3-9-17-29)34(41-25-30-18-10-4-11-19-30)33(43-36)27-39-23-28-14-6-2-7-15-28/h2-21,32-34H,22-27H2,1H3/t32-,33-,34+,36-/m1/s1. The van der Waals surface area contributed by atoms with Crippen LogP contribution in [-0.2, 0) is 59.6 Å². The van der Waals surface area contributed by atoms with Gasteiger partial charge < -0.3 is 28.4 Å². The second kappa shape index (κ2) is 15.6. The molecule has 5 rings (SSSR count). The molecular weight excluding hydrogens is 544 g/mol. The van der Waals surface area contributed by atoms with Crippen LogP contribution in [0.15, 0.2) is 121 Å². The molecule has 0 N–H and O–H groups in total. The Morgan fingerprint density at radius 2 is 1.14 bits per heavy atom. The molecule has 0 bridgehead atoms. The quantitative estimate of drug-likeness (QED) is 0.163. The lowest BCUT2D eigenvalue weighted by Gasteiger charge is -2.46. The highest BCUT2D eigenvalue weighted by Crippen LogP contribution is 2.37. The third-order valence-corrected chi connectivity index (χ3v) is 7.34. The average molecular weight is 583 g/mol. The molecule has 7 heteroatoms. The number of ether oxygens (including phenoxy) is 6. The summed E-state index contributed by atoms with van der Waals surface area (Å²) in [6.45, 7) is 1.33. The molecule has 224 valence electrons. The van der Waals surface area contributed by atoms with E-state index in [2.05, 4.69) is 0 Å². The number of esters is 1. The molecule has 0 amide bonds. The number of rotatable bonds is 14. The van der Waals surface area contributed by atoms with Gasteiger partial charge in [-0.3, -0.25) is 0 Å². The van der Waals surface area contributed by atoms with Crippen LogP contribution in [0.4, 0.5) is 0 Å². The van der Waals surface area contributed by atoms with Crippen molar-refractivity contribution in [1.82, 2.24) is 0 Å². The van der Waals surface area contributed by atoms with Crippen LogP contribution in [0, 0.1) is 0 Å². The van der Waals surface area contributed by atoms with Crippen LogP contribution in [-0.4, -0.2) is 43.8 Å². The lowest BCUT2D eigenvalue weighted by molar-refractivity contribution is -0.330. The summed E-state index contributed by atoms with van der Waals surface area (Å²) in [4.78, 5) is 13.4. The molecule has 1 aliphatic rings. The van der Waals surface area contributed by atoms with E-state index in [-0.39, 0.29) is 19.6 Å². The van der Waals surface area contributed by atoms with Gasteiger partial charge in [0.2, 0.25) is 0 Å². The second-order valence-electron chi connectivity index (χ2n) is 10.5. The fourth-order valence-corrected chi connectivity index (χ4v) is 5.10. The summed E-state index contributed by atoms with van der Waals surface area (Å²) >= 11 is 0. The Hall–Kier alpha value is -3.85. The van der Waals surface area contributed by atoms with Crippen LogP contribution in [0.5, 0.6) is 0 Å². The zero-order valence-corrected chi connectivity index (χ0v) is 24.4. The maximum atomic E-state index is 13.4. The van der Waals surface area contributed by atoms with Gasteiger partial charge in [-0.25, -0.2) is 4.79 Å². The molecule has 4 aromatic carbocycles. The SMILES string of the molecule is COC(=O)[C@@]1(OCc2ccccc2)C[C@@H](OCc2ccccc2)[C@H](OCc2ccccc2)[C@@H](COCc2ccccc2)O1. The van der Waals surface area contributed by atoms with E-state index in [1.54, 1.807) is 0 Å². The van der Waals surface area contributed by atoms with Gasteiger partial charge in [0.1, 0.15) is 12.2 Å². The van der Waals surface area contributed by atoms with Crippen molar-refractivity contribution in [3.63, 3.8) is 0 Å². The first-order valence-corrected chi connectivity index (χ1v) is 14.5. The first-order valence-electron chi connectivity index (χ1n) is 14.5. The van der Waals surface area contributed by atoms with Crippen LogP contribution in [0.2, 0.25) is 0 Å². The third kappa shape index (κ3) is 8.60. The summed E-state index contributed by atoms with van der Waals surface area (Å²) < 4.78 is 37.3. The molecule has 7 nitrogen and oxygen atoms in total. The van der Waals surface area contributed by atoms with E-state index in [0.29, 0.717) is 19.8 Å². The van der Waals surface area contributed by atoms with E-state index >= 15 is 0 Å². The number of hydrogen-bond donors (Lipinski definition) is 0. The molecule has 4 atom stereocenters. The second-order valence-corrected chi connectivity index (χ2v) is 10.5. The van der Waals surface area contributed by atoms with Crippen molar-refractivity contribution in [2.45, 2.75) is 56.9 Å². The number of hydrogen-bond acceptors (Lipinski definition) is 7. The molecule has 0 aliphatic carbocycles.